The summed E-state index contributed by atoms with van der Waals surface area (Å²) in [6.07, 6.45) is 2.21. The third-order valence-electron chi connectivity index (χ3n) is 2.80. The number of anilines is 1. The van der Waals surface area contributed by atoms with Crippen LogP contribution in [-0.2, 0) is 26.0 Å². The number of esters is 1. The molecule has 6 nitrogen and oxygen atoms in total. The smallest absolute Gasteiger partial charge is 0.305 e. The van der Waals surface area contributed by atoms with Crippen LogP contribution < -0.4 is 4.72 Å². The summed E-state index contributed by atoms with van der Waals surface area (Å²) in [6, 6.07) is 0. The van der Waals surface area contributed by atoms with Gasteiger partial charge in [-0.15, -0.1) is 11.3 Å². The van der Waals surface area contributed by atoms with Crippen LogP contribution in [0, 0.1) is 5.92 Å². The SMILES string of the molecule is COC(=O)CCCc1csc(NS(=O)(=O)CCC(C)C)n1. The van der Waals surface area contributed by atoms with Crippen molar-refractivity contribution in [3.63, 3.8) is 0 Å². The quantitative estimate of drug-likeness (QED) is 0.701. The summed E-state index contributed by atoms with van der Waals surface area (Å²) in [7, 11) is -1.97. The van der Waals surface area contributed by atoms with Gasteiger partial charge in [-0.25, -0.2) is 13.4 Å². The normalized spacial score (nSPS) is 11.6. The summed E-state index contributed by atoms with van der Waals surface area (Å²) in [5.74, 6) is 0.189. The molecule has 0 radical (unpaired) electrons. The molecule has 1 rings (SSSR count). The molecule has 0 saturated heterocycles. The molecule has 1 aromatic rings. The number of carbonyl (C=O) groups is 1. The van der Waals surface area contributed by atoms with E-state index in [0.717, 1.165) is 5.69 Å². The fourth-order valence-electron chi connectivity index (χ4n) is 1.56. The average Bonchev–Trinajstić information content (AvgIpc) is 2.83. The number of aryl methyl sites for hydroxylation is 1. The first kappa shape index (κ1) is 17.9. The van der Waals surface area contributed by atoms with Crippen LogP contribution in [0.4, 0.5) is 5.13 Å². The van der Waals surface area contributed by atoms with Crippen molar-refractivity contribution in [2.45, 2.75) is 39.5 Å². The lowest BCUT2D eigenvalue weighted by Gasteiger charge is -2.06. The number of hydrogen-bond donors (Lipinski definition) is 1. The molecule has 0 aromatic carbocycles. The molecule has 0 amide bonds. The minimum absolute atomic E-state index is 0.0991. The van der Waals surface area contributed by atoms with Gasteiger partial charge in [0.25, 0.3) is 0 Å². The first-order chi connectivity index (χ1) is 9.82. The highest BCUT2D eigenvalue weighted by Crippen LogP contribution is 2.19. The van der Waals surface area contributed by atoms with Gasteiger partial charge in [0.15, 0.2) is 5.13 Å². The Kier molecular flexibility index (Phi) is 7.10. The van der Waals surface area contributed by atoms with Gasteiger partial charge in [0.1, 0.15) is 0 Å². The van der Waals surface area contributed by atoms with Crippen LogP contribution in [0.1, 0.15) is 38.8 Å². The van der Waals surface area contributed by atoms with Crippen molar-refractivity contribution in [1.29, 1.82) is 0 Å². The average molecular weight is 334 g/mol. The molecular weight excluding hydrogens is 312 g/mol. The second-order valence-corrected chi connectivity index (χ2v) is 7.88. The monoisotopic (exact) mass is 334 g/mol. The number of ether oxygens (including phenoxy) is 1. The number of carbonyl (C=O) groups excluding carboxylic acids is 1. The number of hydrogen-bond acceptors (Lipinski definition) is 6. The van der Waals surface area contributed by atoms with Crippen molar-refractivity contribution in [3.05, 3.63) is 11.1 Å². The van der Waals surface area contributed by atoms with Gasteiger partial charge in [-0.2, -0.15) is 0 Å². The summed E-state index contributed by atoms with van der Waals surface area (Å²) in [6.45, 7) is 3.97. The van der Waals surface area contributed by atoms with Crippen molar-refractivity contribution >= 4 is 32.5 Å². The molecule has 0 unspecified atom stereocenters. The Bertz CT molecular complexity index is 552. The van der Waals surface area contributed by atoms with Gasteiger partial charge in [-0.3, -0.25) is 9.52 Å². The van der Waals surface area contributed by atoms with E-state index in [4.69, 9.17) is 0 Å². The standard InChI is InChI=1S/C13H22N2O4S2/c1-10(2)7-8-21(17,18)15-13-14-11(9-20-13)5-4-6-12(16)19-3/h9-10H,4-8H2,1-3H3,(H,14,15). The van der Waals surface area contributed by atoms with Crippen molar-refractivity contribution in [3.8, 4) is 0 Å². The molecule has 0 aliphatic heterocycles. The van der Waals surface area contributed by atoms with Gasteiger partial charge >= 0.3 is 5.97 Å². The van der Waals surface area contributed by atoms with E-state index in [1.165, 1.54) is 18.4 Å². The van der Waals surface area contributed by atoms with Gasteiger partial charge in [0, 0.05) is 11.8 Å². The van der Waals surface area contributed by atoms with E-state index in [-0.39, 0.29) is 11.7 Å². The maximum atomic E-state index is 11.9. The van der Waals surface area contributed by atoms with E-state index in [9.17, 15) is 13.2 Å². The van der Waals surface area contributed by atoms with Crippen LogP contribution >= 0.6 is 11.3 Å². The number of rotatable bonds is 9. The molecule has 1 heterocycles. The van der Waals surface area contributed by atoms with Crippen LogP contribution in [0.5, 0.6) is 0 Å². The summed E-state index contributed by atoms with van der Waals surface area (Å²) < 4.78 is 30.7. The minimum atomic E-state index is -3.33. The zero-order valence-electron chi connectivity index (χ0n) is 12.6. The Labute approximate surface area is 130 Å². The van der Waals surface area contributed by atoms with E-state index < -0.39 is 10.0 Å². The van der Waals surface area contributed by atoms with E-state index in [2.05, 4.69) is 14.4 Å². The fourth-order valence-corrected chi connectivity index (χ4v) is 3.92. The molecule has 120 valence electrons. The Morgan fingerprint density at radius 3 is 2.81 bits per heavy atom. The number of nitrogens with one attached hydrogen (secondary N) is 1. The summed E-state index contributed by atoms with van der Waals surface area (Å²) in [5, 5.41) is 2.18. The van der Waals surface area contributed by atoms with Crippen LogP contribution in [0.15, 0.2) is 5.38 Å². The van der Waals surface area contributed by atoms with Crippen LogP contribution in [0.2, 0.25) is 0 Å². The van der Waals surface area contributed by atoms with Gasteiger partial charge in [-0.05, 0) is 25.2 Å². The topological polar surface area (TPSA) is 85.4 Å². The molecule has 1 aromatic heterocycles. The lowest BCUT2D eigenvalue weighted by atomic mass is 10.2. The predicted molar refractivity (Wildman–Crippen MR) is 83.9 cm³/mol. The van der Waals surface area contributed by atoms with Gasteiger partial charge in [-0.1, -0.05) is 13.8 Å². The Morgan fingerprint density at radius 2 is 2.19 bits per heavy atom. The molecule has 21 heavy (non-hydrogen) atoms. The molecule has 0 aliphatic rings. The number of nitrogens with zero attached hydrogens (tertiary/aromatic N) is 1. The van der Waals surface area contributed by atoms with Gasteiger partial charge < -0.3 is 4.74 Å². The third-order valence-corrected chi connectivity index (χ3v) is 5.01. The largest absolute Gasteiger partial charge is 0.469 e. The van der Waals surface area contributed by atoms with Crippen molar-refractivity contribution in [1.82, 2.24) is 4.98 Å². The van der Waals surface area contributed by atoms with Gasteiger partial charge in [0.2, 0.25) is 10.0 Å². The molecule has 0 aliphatic carbocycles. The highest BCUT2D eigenvalue weighted by atomic mass is 32.2. The second kappa shape index (κ2) is 8.33. The summed E-state index contributed by atoms with van der Waals surface area (Å²) >= 11 is 1.26. The molecule has 0 spiro atoms. The Balaban J connectivity index is 2.46. The van der Waals surface area contributed by atoms with E-state index in [1.54, 1.807) is 5.38 Å². The Morgan fingerprint density at radius 1 is 1.48 bits per heavy atom. The summed E-state index contributed by atoms with van der Waals surface area (Å²) in [4.78, 5) is 15.2. The van der Waals surface area contributed by atoms with E-state index >= 15 is 0 Å². The van der Waals surface area contributed by atoms with Crippen LogP contribution in [0.25, 0.3) is 0 Å². The highest BCUT2D eigenvalue weighted by Gasteiger charge is 2.14. The number of sulfonamides is 1. The molecule has 0 atom stereocenters. The van der Waals surface area contributed by atoms with Crippen LogP contribution in [0.3, 0.4) is 0 Å². The van der Waals surface area contributed by atoms with Crippen LogP contribution in [-0.4, -0.2) is 32.2 Å². The summed E-state index contributed by atoms with van der Waals surface area (Å²) in [5.41, 5.74) is 0.783. The molecule has 0 saturated carbocycles. The molecule has 0 bridgehead atoms. The zero-order valence-corrected chi connectivity index (χ0v) is 14.2. The number of thiazole rings is 1. The van der Waals surface area contributed by atoms with Crippen molar-refractivity contribution in [2.75, 3.05) is 17.6 Å². The number of methoxy groups -OCH3 is 1. The van der Waals surface area contributed by atoms with E-state index in [1.807, 2.05) is 13.8 Å². The first-order valence-corrected chi connectivity index (χ1v) is 9.37. The van der Waals surface area contributed by atoms with Crippen molar-refractivity contribution < 1.29 is 17.9 Å². The molecule has 8 heteroatoms. The van der Waals surface area contributed by atoms with E-state index in [0.29, 0.717) is 36.7 Å². The fraction of sp³-hybridized carbons (Fsp3) is 0.692. The van der Waals surface area contributed by atoms with Gasteiger partial charge in [0.05, 0.1) is 18.6 Å². The third kappa shape index (κ3) is 7.42. The Hall–Kier alpha value is -1.15. The predicted octanol–water partition coefficient (Wildman–Crippen LogP) is 2.43. The second-order valence-electron chi connectivity index (χ2n) is 5.18. The first-order valence-electron chi connectivity index (χ1n) is 6.84. The minimum Gasteiger partial charge on any atom is -0.469 e. The molecule has 0 fully saturated rings. The molecule has 1 N–H and O–H groups in total. The van der Waals surface area contributed by atoms with Crippen molar-refractivity contribution in [2.24, 2.45) is 5.92 Å². The zero-order chi connectivity index (χ0) is 15.9. The highest BCUT2D eigenvalue weighted by molar-refractivity contribution is 7.92. The maximum absolute atomic E-state index is 11.9. The molecular formula is C13H22N2O4S2. The maximum Gasteiger partial charge on any atom is 0.305 e. The lowest BCUT2D eigenvalue weighted by Crippen LogP contribution is -2.17. The number of aromatic nitrogens is 1. The lowest BCUT2D eigenvalue weighted by molar-refractivity contribution is -0.140.